The van der Waals surface area contributed by atoms with Crippen LogP contribution in [0.4, 0.5) is 11.4 Å². The van der Waals surface area contributed by atoms with E-state index in [1.165, 1.54) is 35.2 Å². The number of rotatable bonds is 14. The first-order valence-electron chi connectivity index (χ1n) is 14.5. The molecule has 0 bridgehead atoms. The fraction of sp³-hybridized carbons (Fsp3) is 0.235. The lowest BCUT2D eigenvalue weighted by Gasteiger charge is -2.34. The summed E-state index contributed by atoms with van der Waals surface area (Å²) in [5.41, 5.74) is 1.18. The zero-order valence-electron chi connectivity index (χ0n) is 25.2. The summed E-state index contributed by atoms with van der Waals surface area (Å²) < 4.78 is 28.9. The molecule has 11 heteroatoms. The van der Waals surface area contributed by atoms with Gasteiger partial charge in [-0.3, -0.25) is 24.0 Å². The van der Waals surface area contributed by atoms with Crippen LogP contribution in [0.3, 0.4) is 0 Å². The van der Waals surface area contributed by atoms with Crippen molar-refractivity contribution in [3.63, 3.8) is 0 Å². The summed E-state index contributed by atoms with van der Waals surface area (Å²) in [6.07, 6.45) is 0.186. The fourth-order valence-corrected chi connectivity index (χ4v) is 6.19. The minimum absolute atomic E-state index is 0.0282. The molecule has 4 rings (SSSR count). The second kappa shape index (κ2) is 15.1. The topological polar surface area (TPSA) is 130 Å². The van der Waals surface area contributed by atoms with Crippen molar-refractivity contribution in [3.8, 4) is 0 Å². The number of nitrogens with zero attached hydrogens (tertiary/aromatic N) is 3. The Bertz CT molecular complexity index is 1700. The first kappa shape index (κ1) is 32.9. The zero-order chi connectivity index (χ0) is 32.4. The monoisotopic (exact) mass is 628 g/mol. The van der Waals surface area contributed by atoms with E-state index in [1.54, 1.807) is 18.2 Å². The van der Waals surface area contributed by atoms with Gasteiger partial charge in [-0.1, -0.05) is 98.8 Å². The molecule has 0 aromatic heterocycles. The van der Waals surface area contributed by atoms with Gasteiger partial charge in [0.25, 0.3) is 15.7 Å². The van der Waals surface area contributed by atoms with E-state index in [4.69, 9.17) is 0 Å². The van der Waals surface area contributed by atoms with Crippen LogP contribution in [0.1, 0.15) is 25.0 Å². The summed E-state index contributed by atoms with van der Waals surface area (Å²) >= 11 is 0. The van der Waals surface area contributed by atoms with Gasteiger partial charge in [0.15, 0.2) is 0 Å². The van der Waals surface area contributed by atoms with Gasteiger partial charge in [-0.05, 0) is 35.2 Å². The highest BCUT2D eigenvalue weighted by Gasteiger charge is 2.35. The number of nitro groups is 1. The Kier molecular flexibility index (Phi) is 11.0. The molecule has 0 heterocycles. The van der Waals surface area contributed by atoms with Crippen molar-refractivity contribution in [2.24, 2.45) is 5.92 Å². The average molecular weight is 629 g/mol. The third kappa shape index (κ3) is 8.76. The molecule has 2 amide bonds. The lowest BCUT2D eigenvalue weighted by atomic mass is 10.0. The summed E-state index contributed by atoms with van der Waals surface area (Å²) in [6.45, 7) is 3.64. The standard InChI is InChI=1S/C34H36N4O6S/c1-26(2)23-35-34(40)32(21-27-13-6-3-7-14-27)36(24-28-15-8-4-9-16-28)33(39)25-37(29-17-12-18-30(22-29)38(41)42)45(43,44)31-19-10-5-11-20-31/h3-20,22,26,32H,21,23-25H2,1-2H3,(H,35,40)/t32-/m1/s1. The molecule has 234 valence electrons. The van der Waals surface area contributed by atoms with E-state index < -0.39 is 33.4 Å². The van der Waals surface area contributed by atoms with Crippen LogP contribution >= 0.6 is 0 Å². The molecular formula is C34H36N4O6S. The van der Waals surface area contributed by atoms with E-state index >= 15 is 0 Å². The number of sulfonamides is 1. The molecule has 0 aliphatic carbocycles. The highest BCUT2D eigenvalue weighted by molar-refractivity contribution is 7.92. The van der Waals surface area contributed by atoms with Gasteiger partial charge in [0.2, 0.25) is 11.8 Å². The Hall–Kier alpha value is -5.03. The Morgan fingerprint density at radius 1 is 0.822 bits per heavy atom. The molecule has 0 saturated carbocycles. The second-order valence-electron chi connectivity index (χ2n) is 11.0. The van der Waals surface area contributed by atoms with Crippen molar-refractivity contribution in [1.29, 1.82) is 0 Å². The number of benzene rings is 4. The van der Waals surface area contributed by atoms with Gasteiger partial charge in [-0.15, -0.1) is 0 Å². The Balaban J connectivity index is 1.80. The summed E-state index contributed by atoms with van der Waals surface area (Å²) in [6, 6.07) is 30.1. The SMILES string of the molecule is CC(C)CNC(=O)[C@@H](Cc1ccccc1)N(Cc1ccccc1)C(=O)CN(c1cccc([N+](=O)[O-])c1)S(=O)(=O)c1ccccc1. The van der Waals surface area contributed by atoms with Crippen LogP contribution < -0.4 is 9.62 Å². The molecule has 0 radical (unpaired) electrons. The van der Waals surface area contributed by atoms with E-state index in [0.29, 0.717) is 6.54 Å². The molecule has 10 nitrogen and oxygen atoms in total. The van der Waals surface area contributed by atoms with Crippen molar-refractivity contribution in [3.05, 3.63) is 137 Å². The van der Waals surface area contributed by atoms with E-state index in [9.17, 15) is 28.1 Å². The molecule has 0 unspecified atom stereocenters. The molecule has 1 N–H and O–H groups in total. The second-order valence-corrected chi connectivity index (χ2v) is 12.8. The van der Waals surface area contributed by atoms with Gasteiger partial charge < -0.3 is 10.2 Å². The van der Waals surface area contributed by atoms with Crippen LogP contribution in [0.5, 0.6) is 0 Å². The van der Waals surface area contributed by atoms with E-state index in [1.807, 2.05) is 74.5 Å². The van der Waals surface area contributed by atoms with Crippen molar-refractivity contribution < 1.29 is 22.9 Å². The van der Waals surface area contributed by atoms with Crippen LogP contribution in [-0.4, -0.2) is 49.2 Å². The third-order valence-electron chi connectivity index (χ3n) is 7.09. The van der Waals surface area contributed by atoms with Gasteiger partial charge in [-0.2, -0.15) is 0 Å². The summed E-state index contributed by atoms with van der Waals surface area (Å²) in [7, 11) is -4.36. The molecular weight excluding hydrogens is 592 g/mol. The van der Waals surface area contributed by atoms with Crippen molar-refractivity contribution in [1.82, 2.24) is 10.2 Å². The van der Waals surface area contributed by atoms with Crippen molar-refractivity contribution in [2.45, 2.75) is 37.8 Å². The van der Waals surface area contributed by atoms with Crippen LogP contribution in [0, 0.1) is 16.0 Å². The number of amides is 2. The van der Waals surface area contributed by atoms with Crippen LogP contribution in [0.2, 0.25) is 0 Å². The molecule has 0 aliphatic rings. The van der Waals surface area contributed by atoms with E-state index in [0.717, 1.165) is 21.5 Å². The maximum Gasteiger partial charge on any atom is 0.271 e. The summed E-state index contributed by atoms with van der Waals surface area (Å²) in [4.78, 5) is 40.4. The fourth-order valence-electron chi connectivity index (χ4n) is 4.77. The molecule has 0 aliphatic heterocycles. The number of anilines is 1. The quantitative estimate of drug-likeness (QED) is 0.151. The van der Waals surface area contributed by atoms with E-state index in [2.05, 4.69) is 5.32 Å². The molecule has 0 saturated heterocycles. The number of nitro benzene ring substituents is 1. The highest BCUT2D eigenvalue weighted by atomic mass is 32.2. The Morgan fingerprint density at radius 2 is 1.40 bits per heavy atom. The van der Waals surface area contributed by atoms with Crippen LogP contribution in [-0.2, 0) is 32.6 Å². The van der Waals surface area contributed by atoms with Crippen molar-refractivity contribution >= 4 is 33.2 Å². The number of hydrogen-bond donors (Lipinski definition) is 1. The molecule has 4 aromatic rings. The van der Waals surface area contributed by atoms with Gasteiger partial charge >= 0.3 is 0 Å². The largest absolute Gasteiger partial charge is 0.354 e. The Morgan fingerprint density at radius 3 is 1.98 bits per heavy atom. The zero-order valence-corrected chi connectivity index (χ0v) is 26.0. The van der Waals surface area contributed by atoms with Gasteiger partial charge in [-0.25, -0.2) is 8.42 Å². The lowest BCUT2D eigenvalue weighted by molar-refractivity contribution is -0.384. The molecule has 45 heavy (non-hydrogen) atoms. The highest BCUT2D eigenvalue weighted by Crippen LogP contribution is 2.28. The smallest absolute Gasteiger partial charge is 0.271 e. The molecule has 0 spiro atoms. The number of nitrogens with one attached hydrogen (secondary N) is 1. The number of non-ortho nitro benzene ring substituents is 1. The molecule has 0 fully saturated rings. The maximum atomic E-state index is 14.4. The normalized spacial score (nSPS) is 11.9. The number of carbonyl (C=O) groups is 2. The Labute approximate surface area is 263 Å². The van der Waals surface area contributed by atoms with E-state index in [-0.39, 0.29) is 41.1 Å². The number of hydrogen-bond acceptors (Lipinski definition) is 6. The summed E-state index contributed by atoms with van der Waals surface area (Å²) in [5, 5.41) is 14.5. The molecule has 1 atom stereocenters. The van der Waals surface area contributed by atoms with Crippen LogP contribution in [0.25, 0.3) is 0 Å². The minimum Gasteiger partial charge on any atom is -0.354 e. The first-order chi connectivity index (χ1) is 21.6. The minimum atomic E-state index is -4.36. The van der Waals surface area contributed by atoms with Gasteiger partial charge in [0.1, 0.15) is 12.6 Å². The lowest BCUT2D eigenvalue weighted by Crippen LogP contribution is -2.53. The summed E-state index contributed by atoms with van der Waals surface area (Å²) in [5.74, 6) is -0.861. The third-order valence-corrected chi connectivity index (χ3v) is 8.88. The van der Waals surface area contributed by atoms with Gasteiger partial charge in [0.05, 0.1) is 15.5 Å². The number of carbonyl (C=O) groups excluding carboxylic acids is 2. The predicted octanol–water partition coefficient (Wildman–Crippen LogP) is 5.20. The maximum absolute atomic E-state index is 14.4. The predicted molar refractivity (Wildman–Crippen MR) is 173 cm³/mol. The van der Waals surface area contributed by atoms with Crippen molar-refractivity contribution in [2.75, 3.05) is 17.4 Å². The first-order valence-corrected chi connectivity index (χ1v) is 16.0. The van der Waals surface area contributed by atoms with Gasteiger partial charge in [0, 0.05) is 31.6 Å². The average Bonchev–Trinajstić information content (AvgIpc) is 3.05. The molecule has 4 aromatic carbocycles. The van der Waals surface area contributed by atoms with Crippen LogP contribution in [0.15, 0.2) is 120 Å².